The number of halogens is 1. The zero-order valence-electron chi connectivity index (χ0n) is 8.17. The molecule has 0 aliphatic heterocycles. The van der Waals surface area contributed by atoms with Crippen molar-refractivity contribution in [3.8, 4) is 0 Å². The summed E-state index contributed by atoms with van der Waals surface area (Å²) in [5, 5.41) is 9.60. The summed E-state index contributed by atoms with van der Waals surface area (Å²) in [4.78, 5) is 0. The van der Waals surface area contributed by atoms with Gasteiger partial charge in [0.25, 0.3) is 0 Å². The summed E-state index contributed by atoms with van der Waals surface area (Å²) in [5.74, 6) is 0.277. The summed E-state index contributed by atoms with van der Waals surface area (Å²) >= 11 is 5.62. The average molecular weight is 211 g/mol. The maximum absolute atomic E-state index is 9.60. The standard InChI is InChI=1S/C12H15ClO/c13-8-12(14)11-6-5-9-3-1-2-4-10(9)7-11/h5-7,12,14H,1-4,8H2/t12-/m1/s1. The summed E-state index contributed by atoms with van der Waals surface area (Å²) in [5.41, 5.74) is 3.81. The van der Waals surface area contributed by atoms with Gasteiger partial charge in [-0.2, -0.15) is 0 Å². The largest absolute Gasteiger partial charge is 0.387 e. The van der Waals surface area contributed by atoms with E-state index < -0.39 is 6.10 Å². The first kappa shape index (κ1) is 10.0. The molecule has 76 valence electrons. The van der Waals surface area contributed by atoms with Crippen molar-refractivity contribution in [3.63, 3.8) is 0 Å². The smallest absolute Gasteiger partial charge is 0.0925 e. The SMILES string of the molecule is O[C@H](CCl)c1ccc2c(c1)CCCC2. The Morgan fingerprint density at radius 3 is 2.64 bits per heavy atom. The van der Waals surface area contributed by atoms with Crippen molar-refractivity contribution >= 4 is 11.6 Å². The molecule has 1 nitrogen and oxygen atoms in total. The van der Waals surface area contributed by atoms with Crippen molar-refractivity contribution in [1.29, 1.82) is 0 Å². The lowest BCUT2D eigenvalue weighted by molar-refractivity contribution is 0.202. The highest BCUT2D eigenvalue weighted by atomic mass is 35.5. The van der Waals surface area contributed by atoms with E-state index in [-0.39, 0.29) is 5.88 Å². The molecular weight excluding hydrogens is 196 g/mol. The number of hydrogen-bond donors (Lipinski definition) is 1. The second-order valence-corrected chi connectivity index (χ2v) is 4.21. The Bertz CT molecular complexity index is 322. The van der Waals surface area contributed by atoms with E-state index in [2.05, 4.69) is 12.1 Å². The van der Waals surface area contributed by atoms with Crippen LogP contribution in [-0.4, -0.2) is 11.0 Å². The molecule has 0 radical (unpaired) electrons. The van der Waals surface area contributed by atoms with E-state index >= 15 is 0 Å². The van der Waals surface area contributed by atoms with Crippen LogP contribution in [0.3, 0.4) is 0 Å². The molecule has 1 N–H and O–H groups in total. The Hall–Kier alpha value is -0.530. The summed E-state index contributed by atoms with van der Waals surface area (Å²) in [6, 6.07) is 6.25. The first-order chi connectivity index (χ1) is 6.81. The molecule has 0 fully saturated rings. The second-order valence-electron chi connectivity index (χ2n) is 3.91. The average Bonchev–Trinajstić information content (AvgIpc) is 2.27. The van der Waals surface area contributed by atoms with E-state index in [9.17, 15) is 5.11 Å². The number of aliphatic hydroxyl groups is 1. The molecule has 0 bridgehead atoms. The normalized spacial score (nSPS) is 17.6. The van der Waals surface area contributed by atoms with E-state index in [0.717, 1.165) is 12.0 Å². The van der Waals surface area contributed by atoms with Crippen LogP contribution in [0.2, 0.25) is 0 Å². The van der Waals surface area contributed by atoms with E-state index in [0.29, 0.717) is 0 Å². The lowest BCUT2D eigenvalue weighted by atomic mass is 9.90. The van der Waals surface area contributed by atoms with Gasteiger partial charge in [0.1, 0.15) is 0 Å². The van der Waals surface area contributed by atoms with Gasteiger partial charge in [-0.05, 0) is 42.4 Å². The van der Waals surface area contributed by atoms with Crippen molar-refractivity contribution in [2.24, 2.45) is 0 Å². The highest BCUT2D eigenvalue weighted by Gasteiger charge is 2.12. The third-order valence-electron chi connectivity index (χ3n) is 2.90. The molecule has 2 heteroatoms. The van der Waals surface area contributed by atoms with Crippen molar-refractivity contribution in [1.82, 2.24) is 0 Å². The minimum Gasteiger partial charge on any atom is -0.387 e. The van der Waals surface area contributed by atoms with Crippen LogP contribution in [0.1, 0.15) is 35.6 Å². The fourth-order valence-corrected chi connectivity index (χ4v) is 2.23. The van der Waals surface area contributed by atoms with Gasteiger partial charge in [-0.3, -0.25) is 0 Å². The fourth-order valence-electron chi connectivity index (χ4n) is 2.05. The molecule has 0 unspecified atom stereocenters. The predicted octanol–water partition coefficient (Wildman–Crippen LogP) is 2.84. The van der Waals surface area contributed by atoms with Crippen LogP contribution in [0.5, 0.6) is 0 Å². The maximum Gasteiger partial charge on any atom is 0.0925 e. The van der Waals surface area contributed by atoms with Gasteiger partial charge in [0, 0.05) is 0 Å². The predicted molar refractivity (Wildman–Crippen MR) is 58.8 cm³/mol. The molecule has 0 saturated heterocycles. The fraction of sp³-hybridized carbons (Fsp3) is 0.500. The van der Waals surface area contributed by atoms with E-state index in [1.54, 1.807) is 0 Å². The Morgan fingerprint density at radius 1 is 1.21 bits per heavy atom. The van der Waals surface area contributed by atoms with Crippen LogP contribution in [0, 0.1) is 0 Å². The van der Waals surface area contributed by atoms with Crippen LogP contribution < -0.4 is 0 Å². The van der Waals surface area contributed by atoms with E-state index in [1.807, 2.05) is 6.07 Å². The molecule has 14 heavy (non-hydrogen) atoms. The topological polar surface area (TPSA) is 20.2 Å². The quantitative estimate of drug-likeness (QED) is 0.745. The molecule has 0 heterocycles. The Balaban J connectivity index is 2.29. The first-order valence-electron chi connectivity index (χ1n) is 5.17. The monoisotopic (exact) mass is 210 g/mol. The van der Waals surface area contributed by atoms with Gasteiger partial charge < -0.3 is 5.11 Å². The van der Waals surface area contributed by atoms with Gasteiger partial charge in [-0.1, -0.05) is 18.2 Å². The molecule has 1 aliphatic carbocycles. The lowest BCUT2D eigenvalue weighted by Gasteiger charge is -2.17. The Labute approximate surface area is 89.7 Å². The van der Waals surface area contributed by atoms with Crippen LogP contribution in [0.15, 0.2) is 18.2 Å². The van der Waals surface area contributed by atoms with Gasteiger partial charge in [-0.25, -0.2) is 0 Å². The molecular formula is C12H15ClO. The lowest BCUT2D eigenvalue weighted by Crippen LogP contribution is -2.05. The third-order valence-corrected chi connectivity index (χ3v) is 3.20. The number of aryl methyl sites for hydroxylation is 2. The molecule has 0 aromatic heterocycles. The molecule has 2 rings (SSSR count). The van der Waals surface area contributed by atoms with E-state index in [4.69, 9.17) is 11.6 Å². The van der Waals surface area contributed by atoms with Gasteiger partial charge in [-0.15, -0.1) is 11.6 Å². The van der Waals surface area contributed by atoms with Crippen LogP contribution >= 0.6 is 11.6 Å². The molecule has 1 aromatic rings. The second kappa shape index (κ2) is 4.33. The Morgan fingerprint density at radius 2 is 1.93 bits per heavy atom. The minimum absolute atomic E-state index is 0.277. The highest BCUT2D eigenvalue weighted by molar-refractivity contribution is 6.18. The van der Waals surface area contributed by atoms with Crippen LogP contribution in [-0.2, 0) is 12.8 Å². The number of aliphatic hydroxyl groups excluding tert-OH is 1. The molecule has 1 aromatic carbocycles. The number of fused-ring (bicyclic) bond motifs is 1. The van der Waals surface area contributed by atoms with Crippen molar-refractivity contribution in [2.75, 3.05) is 5.88 Å². The molecule has 1 aliphatic rings. The number of hydrogen-bond acceptors (Lipinski definition) is 1. The van der Waals surface area contributed by atoms with E-state index in [1.165, 1.54) is 30.4 Å². The van der Waals surface area contributed by atoms with Crippen molar-refractivity contribution < 1.29 is 5.11 Å². The summed E-state index contributed by atoms with van der Waals surface area (Å²) in [6.45, 7) is 0. The van der Waals surface area contributed by atoms with Gasteiger partial charge in [0.2, 0.25) is 0 Å². The van der Waals surface area contributed by atoms with Crippen molar-refractivity contribution in [3.05, 3.63) is 34.9 Å². The maximum atomic E-state index is 9.60. The zero-order valence-corrected chi connectivity index (χ0v) is 8.93. The van der Waals surface area contributed by atoms with Gasteiger partial charge in [0.05, 0.1) is 12.0 Å². The Kier molecular flexibility index (Phi) is 3.09. The van der Waals surface area contributed by atoms with Gasteiger partial charge >= 0.3 is 0 Å². The number of rotatable bonds is 2. The minimum atomic E-state index is -0.510. The number of alkyl halides is 1. The van der Waals surface area contributed by atoms with Crippen molar-refractivity contribution in [2.45, 2.75) is 31.8 Å². The van der Waals surface area contributed by atoms with Crippen LogP contribution in [0.25, 0.3) is 0 Å². The summed E-state index contributed by atoms with van der Waals surface area (Å²) in [7, 11) is 0. The van der Waals surface area contributed by atoms with Gasteiger partial charge in [0.15, 0.2) is 0 Å². The van der Waals surface area contributed by atoms with Crippen LogP contribution in [0.4, 0.5) is 0 Å². The molecule has 1 atom stereocenters. The third kappa shape index (κ3) is 1.94. The summed E-state index contributed by atoms with van der Waals surface area (Å²) in [6.07, 6.45) is 4.40. The summed E-state index contributed by atoms with van der Waals surface area (Å²) < 4.78 is 0. The molecule has 0 amide bonds. The number of benzene rings is 1. The first-order valence-corrected chi connectivity index (χ1v) is 5.70. The molecule has 0 saturated carbocycles. The highest BCUT2D eigenvalue weighted by Crippen LogP contribution is 2.25. The molecule has 0 spiro atoms. The zero-order chi connectivity index (χ0) is 9.97.